The van der Waals surface area contributed by atoms with Gasteiger partial charge in [-0.2, -0.15) is 0 Å². The van der Waals surface area contributed by atoms with Gasteiger partial charge in [0.2, 0.25) is 0 Å². The molecule has 78 valence electrons. The highest BCUT2D eigenvalue weighted by atomic mass is 16.6. The highest BCUT2D eigenvalue weighted by molar-refractivity contribution is 4.84. The Balaban J connectivity index is 2.55. The molecule has 0 spiro atoms. The van der Waals surface area contributed by atoms with Gasteiger partial charge in [0.15, 0.2) is 6.29 Å². The summed E-state index contributed by atoms with van der Waals surface area (Å²) in [6.07, 6.45) is -6.05. The molecule has 5 atom stereocenters. The summed E-state index contributed by atoms with van der Waals surface area (Å²) in [6, 6.07) is 0. The topological polar surface area (TPSA) is 110 Å². The number of hydrogen-bond acceptors (Lipinski definition) is 6. The van der Waals surface area contributed by atoms with E-state index in [2.05, 4.69) is 0 Å². The van der Waals surface area contributed by atoms with Crippen LogP contribution in [0.1, 0.15) is 6.42 Å². The van der Waals surface area contributed by atoms with Gasteiger partial charge in [0.25, 0.3) is 0 Å². The third-order valence-corrected chi connectivity index (χ3v) is 2.05. The Kier molecular flexibility index (Phi) is 3.60. The average molecular weight is 194 g/mol. The SMILES string of the molecule is OCC(O)C1OC(O)C(O)CC1O. The van der Waals surface area contributed by atoms with E-state index in [1.807, 2.05) is 0 Å². The Labute approximate surface area is 75.0 Å². The maximum absolute atomic E-state index is 9.29. The molecule has 1 rings (SSSR count). The van der Waals surface area contributed by atoms with E-state index in [1.165, 1.54) is 0 Å². The van der Waals surface area contributed by atoms with Crippen LogP contribution in [0.3, 0.4) is 0 Å². The first-order chi connectivity index (χ1) is 6.06. The zero-order valence-corrected chi connectivity index (χ0v) is 6.95. The molecule has 0 aromatic rings. The minimum atomic E-state index is -1.42. The van der Waals surface area contributed by atoms with Crippen molar-refractivity contribution in [3.05, 3.63) is 0 Å². The molecular formula is C7H14O6. The molecule has 1 aliphatic rings. The van der Waals surface area contributed by atoms with Crippen molar-refractivity contribution in [1.82, 2.24) is 0 Å². The fraction of sp³-hybridized carbons (Fsp3) is 1.00. The van der Waals surface area contributed by atoms with Crippen LogP contribution in [0.2, 0.25) is 0 Å². The van der Waals surface area contributed by atoms with E-state index in [-0.39, 0.29) is 6.42 Å². The van der Waals surface area contributed by atoms with Crippen LogP contribution < -0.4 is 0 Å². The van der Waals surface area contributed by atoms with Gasteiger partial charge in [-0.05, 0) is 0 Å². The van der Waals surface area contributed by atoms with Crippen molar-refractivity contribution >= 4 is 0 Å². The lowest BCUT2D eigenvalue weighted by Crippen LogP contribution is -2.52. The lowest BCUT2D eigenvalue weighted by Gasteiger charge is -2.36. The highest BCUT2D eigenvalue weighted by Crippen LogP contribution is 2.21. The third kappa shape index (κ3) is 2.37. The molecule has 0 aromatic heterocycles. The van der Waals surface area contributed by atoms with Gasteiger partial charge in [0.1, 0.15) is 18.3 Å². The van der Waals surface area contributed by atoms with Gasteiger partial charge in [0.05, 0.1) is 12.7 Å². The Morgan fingerprint density at radius 2 is 1.85 bits per heavy atom. The summed E-state index contributed by atoms with van der Waals surface area (Å²) in [6.45, 7) is -0.565. The van der Waals surface area contributed by atoms with Crippen LogP contribution in [0.25, 0.3) is 0 Å². The normalized spacial score (nSPS) is 43.2. The molecule has 6 heteroatoms. The Bertz CT molecular complexity index is 163. The first kappa shape index (κ1) is 10.8. The van der Waals surface area contributed by atoms with Crippen LogP contribution in [0.4, 0.5) is 0 Å². The summed E-state index contributed by atoms with van der Waals surface area (Å²) >= 11 is 0. The second-order valence-electron chi connectivity index (χ2n) is 3.11. The van der Waals surface area contributed by atoms with Crippen LogP contribution in [-0.4, -0.2) is 62.8 Å². The van der Waals surface area contributed by atoms with Gasteiger partial charge in [0, 0.05) is 6.42 Å². The molecular weight excluding hydrogens is 180 g/mol. The second-order valence-corrected chi connectivity index (χ2v) is 3.11. The zero-order chi connectivity index (χ0) is 10.0. The summed E-state index contributed by atoms with van der Waals surface area (Å²) in [4.78, 5) is 0. The predicted octanol–water partition coefficient (Wildman–Crippen LogP) is -2.83. The van der Waals surface area contributed by atoms with Gasteiger partial charge >= 0.3 is 0 Å². The van der Waals surface area contributed by atoms with Crippen LogP contribution in [0.15, 0.2) is 0 Å². The van der Waals surface area contributed by atoms with E-state index in [1.54, 1.807) is 0 Å². The molecule has 1 fully saturated rings. The third-order valence-electron chi connectivity index (χ3n) is 2.05. The van der Waals surface area contributed by atoms with Crippen molar-refractivity contribution in [2.45, 2.75) is 37.1 Å². The molecule has 0 aromatic carbocycles. The summed E-state index contributed by atoms with van der Waals surface area (Å²) in [5.41, 5.74) is 0. The first-order valence-electron chi connectivity index (χ1n) is 4.05. The van der Waals surface area contributed by atoms with E-state index >= 15 is 0 Å². The minimum Gasteiger partial charge on any atom is -0.394 e. The first-order valence-corrected chi connectivity index (χ1v) is 4.05. The maximum Gasteiger partial charge on any atom is 0.181 e. The van der Waals surface area contributed by atoms with Crippen LogP contribution in [-0.2, 0) is 4.74 Å². The van der Waals surface area contributed by atoms with E-state index in [0.717, 1.165) is 0 Å². The number of rotatable bonds is 2. The molecule has 5 unspecified atom stereocenters. The van der Waals surface area contributed by atoms with Gasteiger partial charge in [-0.3, -0.25) is 0 Å². The molecule has 0 saturated carbocycles. The number of aliphatic hydroxyl groups excluding tert-OH is 5. The quantitative estimate of drug-likeness (QED) is 0.324. The monoisotopic (exact) mass is 194 g/mol. The predicted molar refractivity (Wildman–Crippen MR) is 40.6 cm³/mol. The van der Waals surface area contributed by atoms with E-state index in [0.29, 0.717) is 0 Å². The molecule has 0 bridgehead atoms. The van der Waals surface area contributed by atoms with Crippen molar-refractivity contribution in [2.75, 3.05) is 6.61 Å². The van der Waals surface area contributed by atoms with E-state index in [9.17, 15) is 5.11 Å². The summed E-state index contributed by atoms with van der Waals surface area (Å²) < 4.78 is 4.71. The summed E-state index contributed by atoms with van der Waals surface area (Å²) in [5.74, 6) is 0. The molecule has 1 aliphatic heterocycles. The fourth-order valence-corrected chi connectivity index (χ4v) is 1.29. The molecule has 0 aliphatic carbocycles. The lowest BCUT2D eigenvalue weighted by molar-refractivity contribution is -0.266. The van der Waals surface area contributed by atoms with E-state index < -0.39 is 37.3 Å². The van der Waals surface area contributed by atoms with Crippen molar-refractivity contribution in [3.8, 4) is 0 Å². The van der Waals surface area contributed by atoms with Crippen LogP contribution in [0.5, 0.6) is 0 Å². The Morgan fingerprint density at radius 3 is 2.38 bits per heavy atom. The summed E-state index contributed by atoms with van der Waals surface area (Å²) in [5, 5.41) is 45.1. The highest BCUT2D eigenvalue weighted by Gasteiger charge is 2.38. The average Bonchev–Trinajstić information content (AvgIpc) is 2.10. The zero-order valence-electron chi connectivity index (χ0n) is 6.95. The Hall–Kier alpha value is -0.240. The lowest BCUT2D eigenvalue weighted by atomic mass is 9.99. The van der Waals surface area contributed by atoms with Crippen molar-refractivity contribution < 1.29 is 30.3 Å². The smallest absolute Gasteiger partial charge is 0.181 e. The van der Waals surface area contributed by atoms with Crippen molar-refractivity contribution in [3.63, 3.8) is 0 Å². The van der Waals surface area contributed by atoms with E-state index in [4.69, 9.17) is 25.2 Å². The standard InChI is InChI=1S/C7H14O6/c8-2-5(11)6-3(9)1-4(10)7(12)13-6/h3-12H,1-2H2. The number of ether oxygens (including phenoxy) is 1. The van der Waals surface area contributed by atoms with Gasteiger partial charge < -0.3 is 30.3 Å². The second kappa shape index (κ2) is 4.32. The van der Waals surface area contributed by atoms with Crippen molar-refractivity contribution in [2.24, 2.45) is 0 Å². The molecule has 0 amide bonds. The molecule has 1 heterocycles. The molecule has 1 saturated heterocycles. The Morgan fingerprint density at radius 1 is 1.23 bits per heavy atom. The van der Waals surface area contributed by atoms with Crippen LogP contribution >= 0.6 is 0 Å². The molecule has 13 heavy (non-hydrogen) atoms. The van der Waals surface area contributed by atoms with Gasteiger partial charge in [-0.25, -0.2) is 0 Å². The molecule has 5 N–H and O–H groups in total. The van der Waals surface area contributed by atoms with Gasteiger partial charge in [-0.15, -0.1) is 0 Å². The minimum absolute atomic E-state index is 0.0805. The fourth-order valence-electron chi connectivity index (χ4n) is 1.29. The number of hydrogen-bond donors (Lipinski definition) is 5. The van der Waals surface area contributed by atoms with Crippen LogP contribution in [0, 0.1) is 0 Å². The molecule has 0 radical (unpaired) electrons. The molecule has 6 nitrogen and oxygen atoms in total. The van der Waals surface area contributed by atoms with Crippen molar-refractivity contribution in [1.29, 1.82) is 0 Å². The number of aliphatic hydroxyl groups is 5. The van der Waals surface area contributed by atoms with Gasteiger partial charge in [-0.1, -0.05) is 0 Å². The maximum atomic E-state index is 9.29. The summed E-state index contributed by atoms with van der Waals surface area (Å²) in [7, 11) is 0. The largest absolute Gasteiger partial charge is 0.394 e.